The summed E-state index contributed by atoms with van der Waals surface area (Å²) in [5, 5.41) is 0. The molecule has 0 atom stereocenters. The van der Waals surface area contributed by atoms with Crippen LogP contribution in [0.2, 0.25) is 0 Å². The van der Waals surface area contributed by atoms with E-state index in [1.54, 1.807) is 98.1 Å². The second-order valence-corrected chi connectivity index (χ2v) is 20.5. The van der Waals surface area contributed by atoms with Gasteiger partial charge in [0, 0.05) is 47.0 Å². The van der Waals surface area contributed by atoms with E-state index >= 15 is 0 Å². The van der Waals surface area contributed by atoms with Crippen LogP contribution >= 0.6 is 0 Å². The van der Waals surface area contributed by atoms with Gasteiger partial charge in [-0.05, 0) is 48.5 Å². The fraction of sp³-hybridized carbons (Fsp3) is 0. The van der Waals surface area contributed by atoms with E-state index in [9.17, 15) is 0 Å². The molecule has 0 amide bonds. The molecular weight excluding hydrogens is 1160 g/mol. The average molecular weight is 1200 g/mol. The van der Waals surface area contributed by atoms with Gasteiger partial charge in [-0.2, -0.15) is 0 Å². The van der Waals surface area contributed by atoms with Crippen molar-refractivity contribution in [3.63, 3.8) is 0 Å². The summed E-state index contributed by atoms with van der Waals surface area (Å²) < 4.78 is 26.3. The van der Waals surface area contributed by atoms with Crippen molar-refractivity contribution >= 4 is 44.7 Å². The van der Waals surface area contributed by atoms with Gasteiger partial charge in [0.15, 0.2) is 45.9 Å². The second-order valence-electron chi connectivity index (χ2n) is 20.5. The zero-order valence-electron chi connectivity index (χ0n) is 47.5. The summed E-state index contributed by atoms with van der Waals surface area (Å²) in [4.78, 5) is 97.9. The maximum atomic E-state index is 6.57. The first-order valence-corrected chi connectivity index (χ1v) is 28.6. The minimum absolute atomic E-state index is 0.0555. The number of hydrogen-bond donors (Lipinski definition) is 2. The zero-order valence-corrected chi connectivity index (χ0v) is 47.5. The summed E-state index contributed by atoms with van der Waals surface area (Å²) in [5.41, 5.74) is 6.65. The molecule has 8 bridgehead atoms. The van der Waals surface area contributed by atoms with Crippen LogP contribution in [0, 0.1) is 0 Å². The molecule has 13 heterocycles. The number of aromatic nitrogens is 20. The highest BCUT2D eigenvalue weighted by molar-refractivity contribution is 6.03. The lowest BCUT2D eigenvalue weighted by molar-refractivity contribution is 0.461. The monoisotopic (exact) mass is 1200 g/mol. The molecule has 0 saturated carbocycles. The van der Waals surface area contributed by atoms with Crippen LogP contribution in [0.15, 0.2) is 219 Å². The summed E-state index contributed by atoms with van der Waals surface area (Å²) in [6.07, 6.45) is 12.9. The Labute approximate surface area is 518 Å². The summed E-state index contributed by atoms with van der Waals surface area (Å²) in [7, 11) is 0. The van der Waals surface area contributed by atoms with E-state index in [4.69, 9.17) is 88.7 Å². The molecule has 4 aromatic carbocycles. The smallest absolute Gasteiger partial charge is 0.246 e. The standard InChI is InChI=1S/C68H38N20O4/c1-5-17-37(18-6-1)45-65(89-41-25-13-29-69-33-41)77-53-49(73-45)57-81-61(53)86-58-51-55(79-67(91-43-27-15-31-71-35-43)47(75-51)39-21-9-3-10-22-39)63(83-58)88-60-52-56(80-68(92-44-28-16-32-72-36-44)48(76-52)40-23-11-4-12-24-40)64(84-60)87-59-50-54(62(82-59)85-57)78-66(90-42-26-14-30-70-34-42)46(74-50)38-19-7-2-8-20-38/h1-36H,(H2,81,82,83,84,85,86,87,88). The molecule has 2 aliphatic heterocycles. The third kappa shape index (κ3) is 9.80. The van der Waals surface area contributed by atoms with Crippen LogP contribution in [-0.2, 0) is 0 Å². The molecule has 15 aromatic rings. The number of pyridine rings is 4. The third-order valence-electron chi connectivity index (χ3n) is 14.6. The van der Waals surface area contributed by atoms with Gasteiger partial charge in [-0.15, -0.1) is 0 Å². The van der Waals surface area contributed by atoms with Crippen molar-refractivity contribution in [3.05, 3.63) is 219 Å². The molecule has 92 heavy (non-hydrogen) atoms. The number of fused-ring (bicyclic) bond motifs is 20. The molecule has 434 valence electrons. The molecule has 11 aromatic heterocycles. The van der Waals surface area contributed by atoms with Crippen LogP contribution in [0.3, 0.4) is 0 Å². The first kappa shape index (κ1) is 52.7. The molecule has 17 rings (SSSR count). The van der Waals surface area contributed by atoms with E-state index in [-0.39, 0.29) is 114 Å². The molecule has 0 saturated heterocycles. The molecule has 0 spiro atoms. The number of ether oxygens (including phenoxy) is 4. The third-order valence-corrected chi connectivity index (χ3v) is 14.6. The minimum Gasteiger partial charge on any atom is -0.435 e. The first-order valence-electron chi connectivity index (χ1n) is 28.6. The molecule has 24 nitrogen and oxygen atoms in total. The largest absolute Gasteiger partial charge is 0.435 e. The predicted octanol–water partition coefficient (Wildman–Crippen LogP) is 13.4. The van der Waals surface area contributed by atoms with Crippen molar-refractivity contribution in [1.29, 1.82) is 0 Å². The number of rotatable bonds is 12. The maximum absolute atomic E-state index is 6.57. The van der Waals surface area contributed by atoms with Crippen LogP contribution < -0.4 is 18.9 Å². The van der Waals surface area contributed by atoms with E-state index in [0.29, 0.717) is 68.0 Å². The number of H-pyrrole nitrogens is 2. The van der Waals surface area contributed by atoms with E-state index in [2.05, 4.69) is 29.9 Å². The van der Waals surface area contributed by atoms with Crippen molar-refractivity contribution in [2.75, 3.05) is 0 Å². The summed E-state index contributed by atoms with van der Waals surface area (Å²) in [6.45, 7) is 0. The van der Waals surface area contributed by atoms with Gasteiger partial charge in [-0.1, -0.05) is 121 Å². The Morgan fingerprint density at radius 3 is 0.761 bits per heavy atom. The Hall–Kier alpha value is -13.6. The molecule has 0 unspecified atom stereocenters. The number of nitrogens with one attached hydrogen (secondary N) is 2. The van der Waals surface area contributed by atoms with Crippen molar-refractivity contribution in [1.82, 2.24) is 99.7 Å². The first-order chi connectivity index (χ1) is 45.5. The topological polar surface area (TPSA) is 301 Å². The van der Waals surface area contributed by atoms with E-state index in [1.165, 1.54) is 0 Å². The van der Waals surface area contributed by atoms with Crippen molar-refractivity contribution < 1.29 is 18.9 Å². The Kier molecular flexibility index (Phi) is 12.7. The van der Waals surface area contributed by atoms with Crippen LogP contribution in [0.5, 0.6) is 46.5 Å². The van der Waals surface area contributed by atoms with Gasteiger partial charge in [0.1, 0.15) is 90.6 Å². The van der Waals surface area contributed by atoms with Crippen LogP contribution in [0.1, 0.15) is 0 Å². The van der Waals surface area contributed by atoms with Gasteiger partial charge in [-0.3, -0.25) is 19.9 Å². The zero-order chi connectivity index (χ0) is 60.9. The molecule has 24 heteroatoms. The molecular formula is C68H38N20O4. The number of hydrogen-bond acceptors (Lipinski definition) is 22. The Morgan fingerprint density at radius 1 is 0.217 bits per heavy atom. The van der Waals surface area contributed by atoms with Crippen LogP contribution in [0.4, 0.5) is 0 Å². The Balaban J connectivity index is 1.01. The van der Waals surface area contributed by atoms with Gasteiger partial charge >= 0.3 is 0 Å². The highest BCUT2D eigenvalue weighted by atomic mass is 16.5. The molecule has 0 aliphatic carbocycles. The van der Waals surface area contributed by atoms with Crippen molar-refractivity contribution in [2.45, 2.75) is 0 Å². The highest BCUT2D eigenvalue weighted by Crippen LogP contribution is 2.43. The Bertz CT molecular complexity index is 5170. The van der Waals surface area contributed by atoms with Gasteiger partial charge < -0.3 is 28.9 Å². The molecule has 0 fully saturated rings. The number of benzene rings is 4. The highest BCUT2D eigenvalue weighted by Gasteiger charge is 2.32. The van der Waals surface area contributed by atoms with E-state index < -0.39 is 0 Å². The SMILES string of the molecule is c1ccc(-c2nc3c(nc2Oc2cccnc2)-c2nc-3nc3[nH]c(nc4nc(nc5[nH]c(n2)c2nc(-c6ccccc6)c(Oc6cccnc6)nc52)-c2nc(-c5ccccc5)c(Oc5cccnc5)nc2-4)c2nc(-c4ccccc4)c(Oc4cccnc4)nc32)cc1. The molecule has 2 aliphatic rings. The lowest BCUT2D eigenvalue weighted by Gasteiger charge is -2.11. The van der Waals surface area contributed by atoms with Crippen LogP contribution in [0.25, 0.3) is 136 Å². The van der Waals surface area contributed by atoms with Gasteiger partial charge in [0.25, 0.3) is 0 Å². The predicted molar refractivity (Wildman–Crippen MR) is 337 cm³/mol. The van der Waals surface area contributed by atoms with Crippen molar-refractivity contribution in [2.24, 2.45) is 0 Å². The molecule has 2 N–H and O–H groups in total. The fourth-order valence-corrected chi connectivity index (χ4v) is 10.4. The maximum Gasteiger partial charge on any atom is 0.246 e. The summed E-state index contributed by atoms with van der Waals surface area (Å²) >= 11 is 0. The van der Waals surface area contributed by atoms with Gasteiger partial charge in [-0.25, -0.2) is 69.8 Å². The van der Waals surface area contributed by atoms with E-state index in [1.807, 2.05) is 121 Å². The normalized spacial score (nSPS) is 11.5. The lowest BCUT2D eigenvalue weighted by Crippen LogP contribution is -1.99. The minimum atomic E-state index is 0.0555. The fourth-order valence-electron chi connectivity index (χ4n) is 10.4. The van der Waals surface area contributed by atoms with Gasteiger partial charge in [0.05, 0.1) is 24.8 Å². The average Bonchev–Trinajstić information content (AvgIpc) is 1.60. The van der Waals surface area contributed by atoms with Gasteiger partial charge in [0.2, 0.25) is 23.5 Å². The lowest BCUT2D eigenvalue weighted by atomic mass is 10.1. The van der Waals surface area contributed by atoms with E-state index in [0.717, 1.165) is 0 Å². The second kappa shape index (κ2) is 22.3. The summed E-state index contributed by atoms with van der Waals surface area (Å²) in [5.74, 6) is 2.41. The number of nitrogens with zero attached hydrogens (tertiary/aromatic N) is 18. The van der Waals surface area contributed by atoms with Crippen LogP contribution in [-0.4, -0.2) is 99.7 Å². The summed E-state index contributed by atoms with van der Waals surface area (Å²) in [6, 6.07) is 52.2. The Morgan fingerprint density at radius 2 is 0.478 bits per heavy atom. The van der Waals surface area contributed by atoms with Crippen molar-refractivity contribution in [3.8, 4) is 138 Å². The number of aromatic amines is 2. The quantitative estimate of drug-likeness (QED) is 0.115. The molecule has 0 radical (unpaired) electrons.